The van der Waals surface area contributed by atoms with Crippen molar-refractivity contribution < 1.29 is 19.7 Å². The van der Waals surface area contributed by atoms with Crippen LogP contribution in [0.2, 0.25) is 0 Å². The van der Waals surface area contributed by atoms with Gasteiger partial charge in [0.05, 0.1) is 31.5 Å². The lowest BCUT2D eigenvalue weighted by Crippen LogP contribution is -2.33. The zero-order valence-electron chi connectivity index (χ0n) is 16.6. The zero-order valence-corrected chi connectivity index (χ0v) is 16.6. The molecule has 2 aromatic carbocycles. The van der Waals surface area contributed by atoms with Crippen molar-refractivity contribution in [1.82, 2.24) is 0 Å². The van der Waals surface area contributed by atoms with Crippen LogP contribution in [0.15, 0.2) is 36.4 Å². The van der Waals surface area contributed by atoms with Crippen molar-refractivity contribution in [3.8, 4) is 5.75 Å². The summed E-state index contributed by atoms with van der Waals surface area (Å²) in [6, 6.07) is 13.1. The Labute approximate surface area is 167 Å². The van der Waals surface area contributed by atoms with Gasteiger partial charge in [0.25, 0.3) is 0 Å². The van der Waals surface area contributed by atoms with Crippen molar-refractivity contribution in [3.63, 3.8) is 0 Å². The molecule has 1 fully saturated rings. The van der Waals surface area contributed by atoms with E-state index in [-0.39, 0.29) is 18.8 Å². The predicted octanol–water partition coefficient (Wildman–Crippen LogP) is 3.74. The molecule has 4 nitrogen and oxygen atoms in total. The average molecular weight is 383 g/mol. The first-order chi connectivity index (χ1) is 13.7. The fraction of sp³-hybridized carbons (Fsp3) is 0.500. The van der Waals surface area contributed by atoms with Gasteiger partial charge in [-0.3, -0.25) is 0 Å². The standard InChI is InChI=1S/C24H30O4/c1-2-16-5-7-17(8-6-16)10-18-11-19(12-24-22(18)4-3-9-27-24)23-14-20(26)13-21(15-25)28-23/h5-8,11-12,20-21,23,25-26H,2-4,9-10,13-15H2,1H3. The van der Waals surface area contributed by atoms with Crippen LogP contribution in [0.25, 0.3) is 0 Å². The Balaban J connectivity index is 1.65. The molecule has 0 amide bonds. The van der Waals surface area contributed by atoms with E-state index in [0.717, 1.165) is 43.6 Å². The Hall–Kier alpha value is -1.88. The van der Waals surface area contributed by atoms with Crippen LogP contribution in [0, 0.1) is 0 Å². The summed E-state index contributed by atoms with van der Waals surface area (Å²) in [7, 11) is 0. The molecule has 0 aromatic heterocycles. The minimum absolute atomic E-state index is 0.0639. The van der Waals surface area contributed by atoms with E-state index in [2.05, 4.69) is 43.3 Å². The summed E-state index contributed by atoms with van der Waals surface area (Å²) in [5.41, 5.74) is 6.26. The van der Waals surface area contributed by atoms with Crippen LogP contribution < -0.4 is 4.74 Å². The van der Waals surface area contributed by atoms with Crippen molar-refractivity contribution in [1.29, 1.82) is 0 Å². The normalized spacial score (nSPS) is 24.5. The zero-order chi connectivity index (χ0) is 19.5. The Morgan fingerprint density at radius 1 is 1.07 bits per heavy atom. The molecule has 2 aromatic rings. The van der Waals surface area contributed by atoms with Gasteiger partial charge in [0.2, 0.25) is 0 Å². The van der Waals surface area contributed by atoms with Gasteiger partial charge in [-0.25, -0.2) is 0 Å². The summed E-state index contributed by atoms with van der Waals surface area (Å²) in [6.07, 6.45) is 4.07. The number of ether oxygens (including phenoxy) is 2. The van der Waals surface area contributed by atoms with Gasteiger partial charge in [0.1, 0.15) is 5.75 Å². The maximum absolute atomic E-state index is 10.2. The van der Waals surface area contributed by atoms with Gasteiger partial charge in [0.15, 0.2) is 0 Å². The van der Waals surface area contributed by atoms with E-state index < -0.39 is 6.10 Å². The van der Waals surface area contributed by atoms with Gasteiger partial charge in [-0.15, -0.1) is 0 Å². The second-order valence-electron chi connectivity index (χ2n) is 8.01. The Kier molecular flexibility index (Phi) is 6.00. The Morgan fingerprint density at radius 3 is 2.61 bits per heavy atom. The van der Waals surface area contributed by atoms with Crippen molar-refractivity contribution in [3.05, 3.63) is 64.2 Å². The second-order valence-corrected chi connectivity index (χ2v) is 8.01. The number of hydrogen-bond donors (Lipinski definition) is 2. The van der Waals surface area contributed by atoms with Crippen LogP contribution in [-0.4, -0.2) is 35.6 Å². The molecule has 0 bridgehead atoms. The molecule has 2 N–H and O–H groups in total. The minimum atomic E-state index is -0.446. The van der Waals surface area contributed by atoms with Crippen molar-refractivity contribution >= 4 is 0 Å². The third-order valence-electron chi connectivity index (χ3n) is 5.93. The van der Waals surface area contributed by atoms with Gasteiger partial charge < -0.3 is 19.7 Å². The summed E-state index contributed by atoms with van der Waals surface area (Å²) in [4.78, 5) is 0. The van der Waals surface area contributed by atoms with E-state index in [0.29, 0.717) is 12.8 Å². The van der Waals surface area contributed by atoms with E-state index in [1.165, 1.54) is 22.3 Å². The lowest BCUT2D eigenvalue weighted by atomic mass is 9.89. The van der Waals surface area contributed by atoms with Gasteiger partial charge in [-0.1, -0.05) is 37.3 Å². The molecule has 2 heterocycles. The van der Waals surface area contributed by atoms with E-state index in [4.69, 9.17) is 9.47 Å². The minimum Gasteiger partial charge on any atom is -0.493 e. The van der Waals surface area contributed by atoms with Crippen LogP contribution in [0.5, 0.6) is 5.75 Å². The van der Waals surface area contributed by atoms with Crippen LogP contribution in [-0.2, 0) is 24.0 Å². The summed E-state index contributed by atoms with van der Waals surface area (Å²) in [5.74, 6) is 0.952. The molecule has 1 saturated heterocycles. The monoisotopic (exact) mass is 382 g/mol. The molecular weight excluding hydrogens is 352 g/mol. The molecule has 2 aliphatic rings. The first-order valence-corrected chi connectivity index (χ1v) is 10.5. The number of benzene rings is 2. The summed E-state index contributed by atoms with van der Waals surface area (Å²) < 4.78 is 12.0. The number of hydrogen-bond acceptors (Lipinski definition) is 4. The van der Waals surface area contributed by atoms with E-state index >= 15 is 0 Å². The SMILES string of the molecule is CCc1ccc(Cc2cc(C3CC(O)CC(CO)O3)cc3c2CCCO3)cc1. The van der Waals surface area contributed by atoms with E-state index in [9.17, 15) is 10.2 Å². The van der Waals surface area contributed by atoms with Crippen LogP contribution in [0.4, 0.5) is 0 Å². The summed E-state index contributed by atoms with van der Waals surface area (Å²) >= 11 is 0. The smallest absolute Gasteiger partial charge is 0.123 e. The highest BCUT2D eigenvalue weighted by Gasteiger charge is 2.30. The number of aliphatic hydroxyl groups excluding tert-OH is 2. The van der Waals surface area contributed by atoms with Gasteiger partial charge in [-0.05, 0) is 59.6 Å². The highest BCUT2D eigenvalue weighted by molar-refractivity contribution is 5.47. The maximum atomic E-state index is 10.2. The fourth-order valence-electron chi connectivity index (χ4n) is 4.35. The summed E-state index contributed by atoms with van der Waals surface area (Å²) in [5, 5.41) is 19.7. The van der Waals surface area contributed by atoms with Crippen LogP contribution >= 0.6 is 0 Å². The molecule has 0 aliphatic carbocycles. The highest BCUT2D eigenvalue weighted by atomic mass is 16.5. The van der Waals surface area contributed by atoms with E-state index in [1.807, 2.05) is 0 Å². The molecule has 3 atom stereocenters. The fourth-order valence-corrected chi connectivity index (χ4v) is 4.35. The first-order valence-electron chi connectivity index (χ1n) is 10.5. The molecule has 3 unspecified atom stereocenters. The van der Waals surface area contributed by atoms with Gasteiger partial charge in [0, 0.05) is 12.8 Å². The van der Waals surface area contributed by atoms with Crippen molar-refractivity contribution in [2.24, 2.45) is 0 Å². The lowest BCUT2D eigenvalue weighted by Gasteiger charge is -2.33. The molecule has 0 spiro atoms. The molecular formula is C24H30O4. The maximum Gasteiger partial charge on any atom is 0.123 e. The van der Waals surface area contributed by atoms with Crippen LogP contribution in [0.1, 0.15) is 60.1 Å². The second kappa shape index (κ2) is 8.64. The molecule has 150 valence electrons. The topological polar surface area (TPSA) is 58.9 Å². The molecule has 0 radical (unpaired) electrons. The quantitative estimate of drug-likeness (QED) is 0.827. The molecule has 4 rings (SSSR count). The molecule has 28 heavy (non-hydrogen) atoms. The third-order valence-corrected chi connectivity index (χ3v) is 5.93. The lowest BCUT2D eigenvalue weighted by molar-refractivity contribution is -0.113. The predicted molar refractivity (Wildman–Crippen MR) is 109 cm³/mol. The van der Waals surface area contributed by atoms with E-state index in [1.54, 1.807) is 0 Å². The highest BCUT2D eigenvalue weighted by Crippen LogP contribution is 2.38. The Morgan fingerprint density at radius 2 is 1.86 bits per heavy atom. The molecule has 0 saturated carbocycles. The third kappa shape index (κ3) is 4.24. The van der Waals surface area contributed by atoms with Gasteiger partial charge >= 0.3 is 0 Å². The number of fused-ring (bicyclic) bond motifs is 1. The largest absolute Gasteiger partial charge is 0.493 e. The first kappa shape index (κ1) is 19.4. The number of aryl methyl sites for hydroxylation is 1. The van der Waals surface area contributed by atoms with Gasteiger partial charge in [-0.2, -0.15) is 0 Å². The Bertz CT molecular complexity index is 799. The summed E-state index contributed by atoms with van der Waals surface area (Å²) in [6.45, 7) is 2.85. The number of aliphatic hydroxyl groups is 2. The average Bonchev–Trinajstić information content (AvgIpc) is 2.73. The van der Waals surface area contributed by atoms with Crippen molar-refractivity contribution in [2.75, 3.05) is 13.2 Å². The van der Waals surface area contributed by atoms with Crippen molar-refractivity contribution in [2.45, 2.75) is 63.8 Å². The molecule has 2 aliphatic heterocycles. The van der Waals surface area contributed by atoms with Crippen LogP contribution in [0.3, 0.4) is 0 Å². The molecule has 4 heteroatoms. The number of rotatable bonds is 5.